The molecule has 0 aliphatic rings. The van der Waals surface area contributed by atoms with E-state index in [0.717, 1.165) is 23.3 Å². The van der Waals surface area contributed by atoms with Crippen molar-refractivity contribution in [2.45, 2.75) is 49.8 Å². The van der Waals surface area contributed by atoms with Gasteiger partial charge >= 0.3 is 0 Å². The van der Waals surface area contributed by atoms with Gasteiger partial charge in [0.25, 0.3) is 5.91 Å². The number of nitrogens with one attached hydrogen (secondary N) is 1. The Kier molecular flexibility index (Phi) is 6.72. The quantitative estimate of drug-likeness (QED) is 0.730. The third-order valence-electron chi connectivity index (χ3n) is 3.58. The molecule has 0 aromatic heterocycles. The number of hydrogen-bond donors (Lipinski definition) is 1. The number of hydrogen-bond acceptors (Lipinski definition) is 2. The van der Waals surface area contributed by atoms with Gasteiger partial charge in [-0.2, -0.15) is 0 Å². The van der Waals surface area contributed by atoms with Gasteiger partial charge in [-0.3, -0.25) is 4.79 Å². The Morgan fingerprint density at radius 3 is 2.35 bits per heavy atom. The van der Waals surface area contributed by atoms with Crippen molar-refractivity contribution in [1.29, 1.82) is 0 Å². The lowest BCUT2D eigenvalue weighted by atomic mass is 10.1. The molecule has 0 saturated heterocycles. The van der Waals surface area contributed by atoms with E-state index in [4.69, 9.17) is 0 Å². The van der Waals surface area contributed by atoms with Crippen LogP contribution in [0, 0.1) is 0 Å². The third-order valence-corrected chi connectivity index (χ3v) is 4.66. The van der Waals surface area contributed by atoms with Gasteiger partial charge in [-0.1, -0.05) is 56.3 Å². The topological polar surface area (TPSA) is 29.1 Å². The second-order valence-corrected chi connectivity index (χ2v) is 7.68. The molecule has 0 bridgehead atoms. The van der Waals surface area contributed by atoms with Crippen molar-refractivity contribution in [3.8, 4) is 0 Å². The van der Waals surface area contributed by atoms with Crippen molar-refractivity contribution in [3.05, 3.63) is 65.7 Å². The Labute approximate surface area is 143 Å². The van der Waals surface area contributed by atoms with Crippen molar-refractivity contribution in [3.63, 3.8) is 0 Å². The minimum Gasteiger partial charge on any atom is -0.350 e. The maximum Gasteiger partial charge on any atom is 0.252 e. The lowest BCUT2D eigenvalue weighted by Gasteiger charge is -2.16. The largest absolute Gasteiger partial charge is 0.350 e. The zero-order valence-electron chi connectivity index (χ0n) is 14.1. The molecule has 2 rings (SSSR count). The molecule has 0 aliphatic heterocycles. The zero-order valence-corrected chi connectivity index (χ0v) is 14.9. The van der Waals surface area contributed by atoms with Gasteiger partial charge in [0.05, 0.1) is 5.56 Å². The lowest BCUT2D eigenvalue weighted by molar-refractivity contribution is 0.0935. The molecule has 1 amide bonds. The second kappa shape index (κ2) is 8.78. The average molecular weight is 327 g/mol. The van der Waals surface area contributed by atoms with Crippen LogP contribution < -0.4 is 5.32 Å². The first-order valence-electron chi connectivity index (χ1n) is 8.16. The molecule has 2 aromatic carbocycles. The van der Waals surface area contributed by atoms with Crippen LogP contribution in [0.1, 0.15) is 43.1 Å². The van der Waals surface area contributed by atoms with Gasteiger partial charge in [0, 0.05) is 16.2 Å². The molecule has 0 radical (unpaired) electrons. The smallest absolute Gasteiger partial charge is 0.252 e. The molecule has 122 valence electrons. The monoisotopic (exact) mass is 327 g/mol. The molecule has 2 aromatic rings. The molecule has 0 fully saturated rings. The minimum absolute atomic E-state index is 0.0225. The van der Waals surface area contributed by atoms with Crippen molar-refractivity contribution < 1.29 is 4.79 Å². The van der Waals surface area contributed by atoms with Crippen molar-refractivity contribution in [2.75, 3.05) is 0 Å². The molecule has 1 N–H and O–H groups in total. The van der Waals surface area contributed by atoms with Crippen molar-refractivity contribution in [2.24, 2.45) is 0 Å². The Morgan fingerprint density at radius 1 is 1.00 bits per heavy atom. The van der Waals surface area contributed by atoms with Crippen LogP contribution in [0.5, 0.6) is 0 Å². The van der Waals surface area contributed by atoms with E-state index in [9.17, 15) is 4.79 Å². The van der Waals surface area contributed by atoms with Gasteiger partial charge in [0.1, 0.15) is 0 Å². The SMILES string of the molecule is CC(C)Sc1ccccc1C(=O)N[C@@H](C)CCc1ccccc1. The van der Waals surface area contributed by atoms with Crippen LogP contribution in [0.15, 0.2) is 59.5 Å². The van der Waals surface area contributed by atoms with Crippen LogP contribution in [-0.2, 0) is 6.42 Å². The van der Waals surface area contributed by atoms with E-state index in [1.807, 2.05) is 30.3 Å². The summed E-state index contributed by atoms with van der Waals surface area (Å²) in [4.78, 5) is 13.6. The molecule has 2 nitrogen and oxygen atoms in total. The highest BCUT2D eigenvalue weighted by atomic mass is 32.2. The summed E-state index contributed by atoms with van der Waals surface area (Å²) >= 11 is 1.73. The standard InChI is InChI=1S/C20H25NOS/c1-15(2)23-19-12-8-7-11-18(19)20(22)21-16(3)13-14-17-9-5-4-6-10-17/h4-12,15-16H,13-14H2,1-3H3,(H,21,22)/t16-/m0/s1. The van der Waals surface area contributed by atoms with E-state index < -0.39 is 0 Å². The Hall–Kier alpha value is -1.74. The van der Waals surface area contributed by atoms with Gasteiger partial charge in [-0.15, -0.1) is 11.8 Å². The molecule has 3 heteroatoms. The second-order valence-electron chi connectivity index (χ2n) is 6.06. The van der Waals surface area contributed by atoms with Gasteiger partial charge in [-0.25, -0.2) is 0 Å². The van der Waals surface area contributed by atoms with Crippen molar-refractivity contribution >= 4 is 17.7 Å². The number of benzene rings is 2. The number of amides is 1. The Balaban J connectivity index is 1.93. The maximum absolute atomic E-state index is 12.5. The molecule has 0 spiro atoms. The number of carbonyl (C=O) groups excluding carboxylic acids is 1. The molecule has 1 atom stereocenters. The summed E-state index contributed by atoms with van der Waals surface area (Å²) < 4.78 is 0. The highest BCUT2D eigenvalue weighted by molar-refractivity contribution is 8.00. The Bertz CT molecular complexity index is 625. The summed E-state index contributed by atoms with van der Waals surface area (Å²) in [7, 11) is 0. The fourth-order valence-corrected chi connectivity index (χ4v) is 3.37. The van der Waals surface area contributed by atoms with E-state index in [1.165, 1.54) is 5.56 Å². The molecule has 0 heterocycles. The summed E-state index contributed by atoms with van der Waals surface area (Å²) in [5.74, 6) is 0.0225. The summed E-state index contributed by atoms with van der Waals surface area (Å²) in [5, 5.41) is 3.59. The summed E-state index contributed by atoms with van der Waals surface area (Å²) in [6.07, 6.45) is 1.92. The summed E-state index contributed by atoms with van der Waals surface area (Å²) in [6, 6.07) is 18.4. The highest BCUT2D eigenvalue weighted by Gasteiger charge is 2.14. The van der Waals surface area contributed by atoms with E-state index in [0.29, 0.717) is 5.25 Å². The fraction of sp³-hybridized carbons (Fsp3) is 0.350. The van der Waals surface area contributed by atoms with E-state index in [1.54, 1.807) is 11.8 Å². The summed E-state index contributed by atoms with van der Waals surface area (Å²) in [5.41, 5.74) is 2.09. The minimum atomic E-state index is 0.0225. The first-order chi connectivity index (χ1) is 11.1. The van der Waals surface area contributed by atoms with Crippen LogP contribution in [0.3, 0.4) is 0 Å². The van der Waals surface area contributed by atoms with Crippen LogP contribution in [-0.4, -0.2) is 17.2 Å². The number of aryl methyl sites for hydroxylation is 1. The molecule has 23 heavy (non-hydrogen) atoms. The molecule has 0 saturated carbocycles. The van der Waals surface area contributed by atoms with E-state index in [-0.39, 0.29) is 11.9 Å². The first kappa shape index (κ1) is 17.6. The number of thioether (sulfide) groups is 1. The average Bonchev–Trinajstić information content (AvgIpc) is 2.54. The molecular formula is C20H25NOS. The van der Waals surface area contributed by atoms with E-state index >= 15 is 0 Å². The predicted molar refractivity (Wildman–Crippen MR) is 99.1 cm³/mol. The Morgan fingerprint density at radius 2 is 1.65 bits per heavy atom. The van der Waals surface area contributed by atoms with E-state index in [2.05, 4.69) is 50.4 Å². The van der Waals surface area contributed by atoms with Crippen LogP contribution in [0.4, 0.5) is 0 Å². The lowest BCUT2D eigenvalue weighted by Crippen LogP contribution is -2.33. The van der Waals surface area contributed by atoms with Gasteiger partial charge in [-0.05, 0) is 37.5 Å². The van der Waals surface area contributed by atoms with Crippen molar-refractivity contribution in [1.82, 2.24) is 5.32 Å². The van der Waals surface area contributed by atoms with Crippen LogP contribution in [0.2, 0.25) is 0 Å². The number of carbonyl (C=O) groups is 1. The highest BCUT2D eigenvalue weighted by Crippen LogP contribution is 2.26. The summed E-state index contributed by atoms with van der Waals surface area (Å²) in [6.45, 7) is 6.35. The molecule has 0 aliphatic carbocycles. The first-order valence-corrected chi connectivity index (χ1v) is 9.04. The van der Waals surface area contributed by atoms with Gasteiger partial charge < -0.3 is 5.32 Å². The predicted octanol–water partition coefficient (Wildman–Crippen LogP) is 4.94. The normalized spacial score (nSPS) is 12.2. The maximum atomic E-state index is 12.5. The number of rotatable bonds is 7. The molecule has 0 unspecified atom stereocenters. The third kappa shape index (κ3) is 5.76. The van der Waals surface area contributed by atoms with Crippen LogP contribution >= 0.6 is 11.8 Å². The fourth-order valence-electron chi connectivity index (χ4n) is 2.41. The zero-order chi connectivity index (χ0) is 16.7. The van der Waals surface area contributed by atoms with Gasteiger partial charge in [0.2, 0.25) is 0 Å². The molecular weight excluding hydrogens is 302 g/mol. The van der Waals surface area contributed by atoms with Crippen LogP contribution in [0.25, 0.3) is 0 Å². The van der Waals surface area contributed by atoms with Gasteiger partial charge in [0.15, 0.2) is 0 Å².